The predicted molar refractivity (Wildman–Crippen MR) is 130 cm³/mol. The largest absolute Gasteiger partial charge is 0.403 e. The summed E-state index contributed by atoms with van der Waals surface area (Å²) in [5.74, 6) is 0.386. The van der Waals surface area contributed by atoms with Gasteiger partial charge in [-0.25, -0.2) is 8.42 Å². The molecular formula is C23H30Cl2N3O2S+. The van der Waals surface area contributed by atoms with E-state index >= 15 is 0 Å². The summed E-state index contributed by atoms with van der Waals surface area (Å²) in [5, 5.41) is 10.3. The van der Waals surface area contributed by atoms with Crippen molar-refractivity contribution >= 4 is 44.4 Å². The van der Waals surface area contributed by atoms with Crippen molar-refractivity contribution in [2.45, 2.75) is 50.8 Å². The van der Waals surface area contributed by atoms with E-state index in [1.807, 2.05) is 7.05 Å². The first-order chi connectivity index (χ1) is 14.7. The van der Waals surface area contributed by atoms with Crippen molar-refractivity contribution in [1.82, 2.24) is 0 Å². The van der Waals surface area contributed by atoms with Crippen molar-refractivity contribution < 1.29 is 8.42 Å². The Bertz CT molecular complexity index is 1040. The summed E-state index contributed by atoms with van der Waals surface area (Å²) in [4.78, 5) is 5.29. The Morgan fingerprint density at radius 3 is 2.48 bits per heavy atom. The highest BCUT2D eigenvalue weighted by Crippen LogP contribution is 2.31. The van der Waals surface area contributed by atoms with E-state index in [1.54, 1.807) is 36.4 Å². The molecule has 0 bridgehead atoms. The molecule has 5 nitrogen and oxygen atoms in total. The van der Waals surface area contributed by atoms with E-state index < -0.39 is 9.84 Å². The lowest BCUT2D eigenvalue weighted by atomic mass is 9.98. The Balaban J connectivity index is 2.24. The molecule has 2 aromatic rings. The number of unbranched alkanes of at least 4 members (excludes halogenated alkanes) is 1. The van der Waals surface area contributed by atoms with Gasteiger partial charge in [-0.2, -0.15) is 0 Å². The Morgan fingerprint density at radius 1 is 1.13 bits per heavy atom. The first-order valence-corrected chi connectivity index (χ1v) is 13.0. The topological polar surface area (TPSA) is 65.5 Å². The zero-order valence-electron chi connectivity index (χ0n) is 18.3. The molecular weight excluding hydrogens is 453 g/mol. The van der Waals surface area contributed by atoms with Gasteiger partial charge in [0.05, 0.1) is 5.75 Å². The van der Waals surface area contributed by atoms with Crippen LogP contribution in [0, 0.1) is 11.3 Å². The average Bonchev–Trinajstić information content (AvgIpc) is 2.75. The molecule has 0 aromatic heterocycles. The van der Waals surface area contributed by atoms with Gasteiger partial charge in [0.2, 0.25) is 5.39 Å². The molecule has 0 aliphatic carbocycles. The quantitative estimate of drug-likeness (QED) is 0.319. The molecule has 0 N–H and O–H groups in total. The summed E-state index contributed by atoms with van der Waals surface area (Å²) in [5.41, 5.74) is 1.52. The normalized spacial score (nSPS) is 12.4. The van der Waals surface area contributed by atoms with Crippen LogP contribution >= 0.6 is 23.2 Å². The molecule has 0 saturated carbocycles. The molecule has 0 fully saturated rings. The molecule has 0 spiro atoms. The van der Waals surface area contributed by atoms with Crippen LogP contribution < -0.4 is 4.90 Å². The fourth-order valence-electron chi connectivity index (χ4n) is 3.56. The summed E-state index contributed by atoms with van der Waals surface area (Å²) >= 11 is 12.1. The number of benzene rings is 2. The van der Waals surface area contributed by atoms with E-state index in [1.165, 1.54) is 6.42 Å². The smallest absolute Gasteiger partial charge is 0.374 e. The summed E-state index contributed by atoms with van der Waals surface area (Å²) in [6, 6.07) is 9.93. The summed E-state index contributed by atoms with van der Waals surface area (Å²) < 4.78 is 26.2. The highest BCUT2D eigenvalue weighted by molar-refractivity contribution is 7.91. The van der Waals surface area contributed by atoms with Gasteiger partial charge in [0.1, 0.15) is 0 Å². The number of hydrogen-bond donors (Lipinski definition) is 0. The lowest BCUT2D eigenvalue weighted by Gasteiger charge is -2.25. The van der Waals surface area contributed by atoms with E-state index in [4.69, 9.17) is 23.2 Å². The Labute approximate surface area is 195 Å². The van der Waals surface area contributed by atoms with Gasteiger partial charge in [-0.05, 0) is 48.6 Å². The third-order valence-corrected chi connectivity index (χ3v) is 7.88. The summed E-state index contributed by atoms with van der Waals surface area (Å²) in [7, 11) is -1.74. The van der Waals surface area contributed by atoms with Crippen LogP contribution in [0.2, 0.25) is 10.0 Å². The second kappa shape index (κ2) is 11.7. The third-order valence-electron chi connectivity index (χ3n) is 5.56. The first-order valence-electron chi connectivity index (χ1n) is 10.6. The molecule has 31 heavy (non-hydrogen) atoms. The summed E-state index contributed by atoms with van der Waals surface area (Å²) in [6.45, 7) is 5.20. The predicted octanol–water partition coefficient (Wildman–Crippen LogP) is 7.15. The zero-order valence-corrected chi connectivity index (χ0v) is 20.6. The van der Waals surface area contributed by atoms with Crippen LogP contribution in [0.25, 0.3) is 4.98 Å². The van der Waals surface area contributed by atoms with Gasteiger partial charge in [-0.1, -0.05) is 62.4 Å². The molecule has 0 saturated heterocycles. The van der Waals surface area contributed by atoms with Crippen molar-refractivity contribution in [2.24, 2.45) is 5.92 Å². The maximum Gasteiger partial charge on any atom is 0.403 e. The van der Waals surface area contributed by atoms with Gasteiger partial charge in [0.15, 0.2) is 19.7 Å². The molecule has 2 rings (SSSR count). The minimum Gasteiger partial charge on any atom is -0.374 e. The first kappa shape index (κ1) is 25.5. The molecule has 0 heterocycles. The highest BCUT2D eigenvalue weighted by Gasteiger charge is 2.28. The van der Waals surface area contributed by atoms with Gasteiger partial charge >= 0.3 is 5.69 Å². The van der Waals surface area contributed by atoms with Crippen LogP contribution in [-0.4, -0.2) is 27.8 Å². The average molecular weight is 483 g/mol. The number of diazo groups is 1. The van der Waals surface area contributed by atoms with Crippen LogP contribution in [0.3, 0.4) is 0 Å². The van der Waals surface area contributed by atoms with Crippen LogP contribution in [0.15, 0.2) is 41.3 Å². The van der Waals surface area contributed by atoms with Crippen LogP contribution in [-0.2, 0) is 16.3 Å². The van der Waals surface area contributed by atoms with Crippen molar-refractivity contribution in [3.8, 4) is 0 Å². The van der Waals surface area contributed by atoms with Gasteiger partial charge in [-0.15, -0.1) is 0 Å². The SMILES string of the molecule is CCCCC(CC)CN(C)c1ccc([N+]#N)c(S(=O)(=O)CCc2ccc(Cl)cc2Cl)c1. The Morgan fingerprint density at radius 2 is 1.87 bits per heavy atom. The lowest BCUT2D eigenvalue weighted by molar-refractivity contribution is 0.453. The minimum atomic E-state index is -3.70. The number of anilines is 1. The van der Waals surface area contributed by atoms with E-state index in [9.17, 15) is 13.8 Å². The van der Waals surface area contributed by atoms with E-state index in [0.29, 0.717) is 21.5 Å². The standard InChI is InChI=1S/C23H30Cl2N3O2S/c1-4-6-7-17(5-2)16-28(3)20-10-11-22(27-26)23(15-20)31(29,30)13-12-18-8-9-19(24)14-21(18)25/h8-11,14-15,17H,4-7,12-13,16H2,1-3H3/q+1. The minimum absolute atomic E-state index is 0.0195. The number of nitrogens with zero attached hydrogens (tertiary/aromatic N) is 3. The Kier molecular flexibility index (Phi) is 9.61. The van der Waals surface area contributed by atoms with Gasteiger partial charge in [0.25, 0.3) is 0 Å². The van der Waals surface area contributed by atoms with Gasteiger partial charge in [-0.3, -0.25) is 0 Å². The fraction of sp³-hybridized carbons (Fsp3) is 0.478. The van der Waals surface area contributed by atoms with E-state index in [-0.39, 0.29) is 22.8 Å². The molecule has 168 valence electrons. The molecule has 0 amide bonds. The zero-order chi connectivity index (χ0) is 23.0. The lowest BCUT2D eigenvalue weighted by Crippen LogP contribution is -2.25. The number of halogens is 2. The van der Waals surface area contributed by atoms with Crippen molar-refractivity contribution in [3.63, 3.8) is 0 Å². The molecule has 8 heteroatoms. The monoisotopic (exact) mass is 482 g/mol. The van der Waals surface area contributed by atoms with Crippen molar-refractivity contribution in [3.05, 3.63) is 57.0 Å². The fourth-order valence-corrected chi connectivity index (χ4v) is 5.50. The molecule has 0 radical (unpaired) electrons. The molecule has 0 aliphatic heterocycles. The maximum atomic E-state index is 13.1. The number of sulfone groups is 1. The molecule has 1 unspecified atom stereocenters. The van der Waals surface area contributed by atoms with Crippen LogP contribution in [0.5, 0.6) is 0 Å². The van der Waals surface area contributed by atoms with E-state index in [2.05, 4.69) is 23.7 Å². The van der Waals surface area contributed by atoms with Crippen molar-refractivity contribution in [1.29, 1.82) is 5.39 Å². The number of aryl methyl sites for hydroxylation is 1. The van der Waals surface area contributed by atoms with Crippen LogP contribution in [0.4, 0.5) is 11.4 Å². The molecule has 0 aliphatic rings. The second-order valence-electron chi connectivity index (χ2n) is 7.85. The van der Waals surface area contributed by atoms with E-state index in [0.717, 1.165) is 31.5 Å². The molecule has 1 atom stereocenters. The van der Waals surface area contributed by atoms with Gasteiger partial charge in [0, 0.05) is 35.4 Å². The third kappa shape index (κ3) is 7.10. The maximum absolute atomic E-state index is 13.1. The number of hydrogen-bond acceptors (Lipinski definition) is 4. The number of rotatable bonds is 11. The second-order valence-corrected chi connectivity index (χ2v) is 10.8. The summed E-state index contributed by atoms with van der Waals surface area (Å²) in [6.07, 6.45) is 4.79. The highest BCUT2D eigenvalue weighted by atomic mass is 35.5. The van der Waals surface area contributed by atoms with Gasteiger partial charge < -0.3 is 4.90 Å². The Hall–Kier alpha value is -1.81. The molecule has 2 aromatic carbocycles. The van der Waals surface area contributed by atoms with Crippen LogP contribution in [0.1, 0.15) is 45.1 Å². The van der Waals surface area contributed by atoms with Crippen molar-refractivity contribution in [2.75, 3.05) is 24.2 Å².